The summed E-state index contributed by atoms with van der Waals surface area (Å²) in [6.07, 6.45) is 2.45. The average Bonchev–Trinajstić information content (AvgIpc) is 3.04. The summed E-state index contributed by atoms with van der Waals surface area (Å²) >= 11 is 1.68. The van der Waals surface area contributed by atoms with Gasteiger partial charge in [0.25, 0.3) is 0 Å². The van der Waals surface area contributed by atoms with Gasteiger partial charge >= 0.3 is 0 Å². The maximum absolute atomic E-state index is 12.3. The number of likely N-dealkylation sites (tertiary alicyclic amines) is 1. The maximum Gasteiger partial charge on any atom is 0.225 e. The van der Waals surface area contributed by atoms with E-state index in [1.807, 2.05) is 11.4 Å². The van der Waals surface area contributed by atoms with Crippen LogP contribution in [0, 0.1) is 11.8 Å². The SMILES string of the molecule is CCN1CC[C@H]2OC[C@@H](C(=O)NCc3cccs3)C[C@H]2C1. The highest BCUT2D eigenvalue weighted by Crippen LogP contribution is 2.31. The maximum atomic E-state index is 12.3. The summed E-state index contributed by atoms with van der Waals surface area (Å²) < 4.78 is 5.96. The largest absolute Gasteiger partial charge is 0.377 e. The van der Waals surface area contributed by atoms with Crippen LogP contribution in [0.4, 0.5) is 0 Å². The van der Waals surface area contributed by atoms with Crippen molar-refractivity contribution in [2.45, 2.75) is 32.4 Å². The second kappa shape index (κ2) is 6.90. The molecule has 0 unspecified atom stereocenters. The number of thiophene rings is 1. The Kier molecular flexibility index (Phi) is 4.93. The van der Waals surface area contributed by atoms with Crippen LogP contribution in [-0.2, 0) is 16.1 Å². The first-order valence-electron chi connectivity index (χ1n) is 7.90. The summed E-state index contributed by atoms with van der Waals surface area (Å²) in [6, 6.07) is 4.07. The summed E-state index contributed by atoms with van der Waals surface area (Å²) in [7, 11) is 0. The predicted molar refractivity (Wildman–Crippen MR) is 84.2 cm³/mol. The number of hydrogen-bond donors (Lipinski definition) is 1. The normalized spacial score (nSPS) is 29.9. The van der Waals surface area contributed by atoms with E-state index < -0.39 is 0 Å². The van der Waals surface area contributed by atoms with Gasteiger partial charge in [-0.3, -0.25) is 4.79 Å². The highest BCUT2D eigenvalue weighted by molar-refractivity contribution is 7.09. The first-order chi connectivity index (χ1) is 10.3. The third-order valence-electron chi connectivity index (χ3n) is 4.68. The lowest BCUT2D eigenvalue weighted by molar-refractivity contribution is -0.139. The first-order valence-corrected chi connectivity index (χ1v) is 8.78. The van der Waals surface area contributed by atoms with E-state index >= 15 is 0 Å². The molecule has 1 amide bonds. The van der Waals surface area contributed by atoms with Crippen molar-refractivity contribution >= 4 is 17.2 Å². The molecular weight excluding hydrogens is 284 g/mol. The molecule has 2 fully saturated rings. The Labute approximate surface area is 130 Å². The Morgan fingerprint density at radius 3 is 3.24 bits per heavy atom. The van der Waals surface area contributed by atoms with Crippen LogP contribution in [0.15, 0.2) is 17.5 Å². The molecule has 21 heavy (non-hydrogen) atoms. The molecule has 0 saturated carbocycles. The van der Waals surface area contributed by atoms with Gasteiger partial charge in [0.05, 0.1) is 25.2 Å². The molecule has 116 valence electrons. The van der Waals surface area contributed by atoms with Crippen molar-refractivity contribution in [3.63, 3.8) is 0 Å². The third kappa shape index (κ3) is 3.65. The van der Waals surface area contributed by atoms with Gasteiger partial charge in [-0.2, -0.15) is 0 Å². The van der Waals surface area contributed by atoms with Gasteiger partial charge in [0.2, 0.25) is 5.91 Å². The Balaban J connectivity index is 1.51. The van der Waals surface area contributed by atoms with E-state index in [9.17, 15) is 4.79 Å². The number of ether oxygens (including phenoxy) is 1. The molecule has 3 heterocycles. The summed E-state index contributed by atoms with van der Waals surface area (Å²) in [6.45, 7) is 6.74. The number of carbonyl (C=O) groups is 1. The number of fused-ring (bicyclic) bond motifs is 1. The van der Waals surface area contributed by atoms with Crippen LogP contribution in [0.2, 0.25) is 0 Å². The van der Waals surface area contributed by atoms with Crippen LogP contribution in [0.3, 0.4) is 0 Å². The second-order valence-electron chi connectivity index (χ2n) is 6.04. The number of nitrogens with zero attached hydrogens (tertiary/aromatic N) is 1. The van der Waals surface area contributed by atoms with E-state index in [-0.39, 0.29) is 11.8 Å². The van der Waals surface area contributed by atoms with E-state index in [0.717, 1.165) is 32.5 Å². The van der Waals surface area contributed by atoms with Gasteiger partial charge in [0.1, 0.15) is 0 Å². The Morgan fingerprint density at radius 2 is 2.48 bits per heavy atom. The fourth-order valence-corrected chi connectivity index (χ4v) is 4.05. The molecule has 0 radical (unpaired) electrons. The van der Waals surface area contributed by atoms with Crippen molar-refractivity contribution in [2.75, 3.05) is 26.2 Å². The second-order valence-corrected chi connectivity index (χ2v) is 7.08. The number of piperidine rings is 1. The summed E-state index contributed by atoms with van der Waals surface area (Å²) in [5.41, 5.74) is 0. The molecule has 5 heteroatoms. The van der Waals surface area contributed by atoms with Crippen LogP contribution in [0.1, 0.15) is 24.6 Å². The molecule has 2 aliphatic rings. The van der Waals surface area contributed by atoms with Gasteiger partial charge in [0, 0.05) is 18.0 Å². The van der Waals surface area contributed by atoms with Gasteiger partial charge in [0.15, 0.2) is 0 Å². The lowest BCUT2D eigenvalue weighted by Crippen LogP contribution is -2.50. The van der Waals surface area contributed by atoms with Crippen molar-refractivity contribution in [3.8, 4) is 0 Å². The van der Waals surface area contributed by atoms with Crippen LogP contribution in [-0.4, -0.2) is 43.2 Å². The fraction of sp³-hybridized carbons (Fsp3) is 0.688. The van der Waals surface area contributed by atoms with E-state index in [0.29, 0.717) is 25.2 Å². The van der Waals surface area contributed by atoms with Crippen LogP contribution in [0.25, 0.3) is 0 Å². The van der Waals surface area contributed by atoms with Gasteiger partial charge in [-0.05, 0) is 36.8 Å². The summed E-state index contributed by atoms with van der Waals surface area (Å²) in [5.74, 6) is 0.684. The molecular formula is C16H24N2O2S. The molecule has 1 aromatic heterocycles. The molecule has 0 bridgehead atoms. The van der Waals surface area contributed by atoms with E-state index in [1.54, 1.807) is 11.3 Å². The molecule has 2 saturated heterocycles. The van der Waals surface area contributed by atoms with E-state index in [2.05, 4.69) is 23.2 Å². The number of nitrogens with one attached hydrogen (secondary N) is 1. The lowest BCUT2D eigenvalue weighted by atomic mass is 9.83. The molecule has 0 aromatic carbocycles. The zero-order chi connectivity index (χ0) is 14.7. The minimum atomic E-state index is 0.0167. The van der Waals surface area contributed by atoms with Crippen LogP contribution >= 0.6 is 11.3 Å². The molecule has 3 atom stereocenters. The zero-order valence-corrected chi connectivity index (χ0v) is 13.4. The summed E-state index contributed by atoms with van der Waals surface area (Å²) in [5, 5.41) is 5.09. The van der Waals surface area contributed by atoms with Crippen molar-refractivity contribution in [1.29, 1.82) is 0 Å². The minimum absolute atomic E-state index is 0.0167. The monoisotopic (exact) mass is 308 g/mol. The Bertz CT molecular complexity index is 463. The van der Waals surface area contributed by atoms with Crippen molar-refractivity contribution in [1.82, 2.24) is 10.2 Å². The highest BCUT2D eigenvalue weighted by Gasteiger charge is 2.37. The molecule has 1 N–H and O–H groups in total. The van der Waals surface area contributed by atoms with Crippen molar-refractivity contribution in [2.24, 2.45) is 11.8 Å². The minimum Gasteiger partial charge on any atom is -0.377 e. The Hall–Kier alpha value is -0.910. The summed E-state index contributed by atoms with van der Waals surface area (Å²) in [4.78, 5) is 16.0. The van der Waals surface area contributed by atoms with Gasteiger partial charge in [-0.1, -0.05) is 13.0 Å². The lowest BCUT2D eigenvalue weighted by Gasteiger charge is -2.42. The number of carbonyl (C=O) groups excluding carboxylic acids is 1. The number of amides is 1. The molecule has 0 spiro atoms. The van der Waals surface area contributed by atoms with Crippen molar-refractivity contribution in [3.05, 3.63) is 22.4 Å². The zero-order valence-electron chi connectivity index (χ0n) is 12.6. The standard InChI is InChI=1S/C16H24N2O2S/c1-2-18-6-5-15-12(10-18)8-13(11-20-15)16(19)17-9-14-4-3-7-21-14/h3-4,7,12-13,15H,2,5-6,8-11H2,1H3,(H,17,19)/t12-,13-,15+/m0/s1. The first kappa shape index (κ1) is 15.0. The fourth-order valence-electron chi connectivity index (χ4n) is 3.41. The highest BCUT2D eigenvalue weighted by atomic mass is 32.1. The topological polar surface area (TPSA) is 41.6 Å². The average molecular weight is 308 g/mol. The smallest absolute Gasteiger partial charge is 0.225 e. The van der Waals surface area contributed by atoms with Crippen LogP contribution in [0.5, 0.6) is 0 Å². The van der Waals surface area contributed by atoms with E-state index in [4.69, 9.17) is 4.74 Å². The number of hydrogen-bond acceptors (Lipinski definition) is 4. The molecule has 3 rings (SSSR count). The van der Waals surface area contributed by atoms with Crippen LogP contribution < -0.4 is 5.32 Å². The molecule has 0 aliphatic carbocycles. The predicted octanol–water partition coefficient (Wildman–Crippen LogP) is 2.11. The Morgan fingerprint density at radius 1 is 1.57 bits per heavy atom. The molecule has 4 nitrogen and oxygen atoms in total. The molecule has 2 aliphatic heterocycles. The van der Waals surface area contributed by atoms with Crippen molar-refractivity contribution < 1.29 is 9.53 Å². The van der Waals surface area contributed by atoms with Gasteiger partial charge < -0.3 is 15.0 Å². The number of rotatable bonds is 4. The van der Waals surface area contributed by atoms with E-state index in [1.165, 1.54) is 4.88 Å². The molecule has 1 aromatic rings. The quantitative estimate of drug-likeness (QED) is 0.926. The third-order valence-corrected chi connectivity index (χ3v) is 5.56. The van der Waals surface area contributed by atoms with Gasteiger partial charge in [-0.15, -0.1) is 11.3 Å². The van der Waals surface area contributed by atoms with Gasteiger partial charge in [-0.25, -0.2) is 0 Å².